The van der Waals surface area contributed by atoms with E-state index in [1.54, 1.807) is 0 Å². The summed E-state index contributed by atoms with van der Waals surface area (Å²) in [4.78, 5) is 12.2. The second kappa shape index (κ2) is 5.60. The number of carbonyl (C=O) groups is 1. The maximum absolute atomic E-state index is 12.2. The number of nitrogens with one attached hydrogen (secondary N) is 1. The fraction of sp³-hybridized carbons (Fsp3) is 0.588. The minimum atomic E-state index is -4.10. The summed E-state index contributed by atoms with van der Waals surface area (Å²) in [6.45, 7) is 0.336. The second-order valence-corrected chi connectivity index (χ2v) is 6.43. The maximum Gasteiger partial charge on any atom is 0.389 e. The van der Waals surface area contributed by atoms with Crippen LogP contribution in [0.5, 0.6) is 0 Å². The topological polar surface area (TPSA) is 29.1 Å². The van der Waals surface area contributed by atoms with Gasteiger partial charge >= 0.3 is 6.18 Å². The van der Waals surface area contributed by atoms with Crippen molar-refractivity contribution in [3.05, 3.63) is 35.4 Å². The third-order valence-corrected chi connectivity index (χ3v) is 4.97. The van der Waals surface area contributed by atoms with Gasteiger partial charge in [0.2, 0.25) is 5.91 Å². The Morgan fingerprint density at radius 3 is 2.82 bits per heavy atom. The van der Waals surface area contributed by atoms with Crippen molar-refractivity contribution in [3.63, 3.8) is 0 Å². The molecule has 1 saturated carbocycles. The molecule has 1 aromatic rings. The molecule has 0 saturated heterocycles. The van der Waals surface area contributed by atoms with Gasteiger partial charge in [-0.05, 0) is 43.2 Å². The highest BCUT2D eigenvalue weighted by Crippen LogP contribution is 2.61. The van der Waals surface area contributed by atoms with E-state index in [0.29, 0.717) is 13.0 Å². The molecule has 0 radical (unpaired) electrons. The van der Waals surface area contributed by atoms with E-state index in [1.165, 1.54) is 11.1 Å². The molecule has 2 nitrogen and oxygen atoms in total. The lowest BCUT2D eigenvalue weighted by Gasteiger charge is -2.12. The van der Waals surface area contributed by atoms with Crippen molar-refractivity contribution in [1.29, 1.82) is 0 Å². The number of rotatable bonds is 5. The van der Waals surface area contributed by atoms with E-state index in [2.05, 4.69) is 17.4 Å². The van der Waals surface area contributed by atoms with Crippen molar-refractivity contribution in [2.24, 2.45) is 5.92 Å². The van der Waals surface area contributed by atoms with Crippen LogP contribution in [0.3, 0.4) is 0 Å². The summed E-state index contributed by atoms with van der Waals surface area (Å²) in [5.74, 6) is 0.00229. The van der Waals surface area contributed by atoms with E-state index in [-0.39, 0.29) is 23.7 Å². The minimum absolute atomic E-state index is 0.00114. The molecule has 5 heteroatoms. The smallest absolute Gasteiger partial charge is 0.356 e. The molecule has 0 bridgehead atoms. The third kappa shape index (κ3) is 2.99. The van der Waals surface area contributed by atoms with Gasteiger partial charge in [-0.3, -0.25) is 4.79 Å². The highest BCUT2D eigenvalue weighted by Gasteiger charge is 2.61. The largest absolute Gasteiger partial charge is 0.389 e. The fourth-order valence-electron chi connectivity index (χ4n) is 3.72. The Morgan fingerprint density at radius 2 is 2.05 bits per heavy atom. The number of aryl methyl sites for hydroxylation is 1. The number of unbranched alkanes of at least 4 members (excludes halogenated alkanes) is 1. The molecule has 0 heterocycles. The van der Waals surface area contributed by atoms with E-state index >= 15 is 0 Å². The first-order valence-corrected chi connectivity index (χ1v) is 7.85. The van der Waals surface area contributed by atoms with Crippen LogP contribution in [0.15, 0.2) is 24.3 Å². The minimum Gasteiger partial charge on any atom is -0.356 e. The average Bonchev–Trinajstić information content (AvgIpc) is 3.08. The Morgan fingerprint density at radius 1 is 1.27 bits per heavy atom. The first-order chi connectivity index (χ1) is 10.4. The molecule has 120 valence electrons. The number of fused-ring (bicyclic) bond motifs is 2. The van der Waals surface area contributed by atoms with Crippen LogP contribution in [0.2, 0.25) is 0 Å². The van der Waals surface area contributed by atoms with Gasteiger partial charge in [0.1, 0.15) is 0 Å². The fourth-order valence-corrected chi connectivity index (χ4v) is 3.72. The summed E-state index contributed by atoms with van der Waals surface area (Å²) in [5, 5.41) is 2.81. The molecular formula is C17H20F3NO. The first kappa shape index (κ1) is 15.4. The van der Waals surface area contributed by atoms with Gasteiger partial charge in [-0.25, -0.2) is 0 Å². The molecular weight excluding hydrogens is 291 g/mol. The lowest BCUT2D eigenvalue weighted by Crippen LogP contribution is -2.29. The van der Waals surface area contributed by atoms with Gasteiger partial charge in [0.25, 0.3) is 0 Å². The Labute approximate surface area is 128 Å². The molecule has 2 aliphatic rings. The predicted molar refractivity (Wildman–Crippen MR) is 77.5 cm³/mol. The van der Waals surface area contributed by atoms with Crippen molar-refractivity contribution in [3.8, 4) is 0 Å². The molecule has 1 aromatic carbocycles. The summed E-state index contributed by atoms with van der Waals surface area (Å²) in [6.07, 6.45) is -1.52. The highest BCUT2D eigenvalue weighted by atomic mass is 19.4. The van der Waals surface area contributed by atoms with Gasteiger partial charge in [-0.2, -0.15) is 13.2 Å². The van der Waals surface area contributed by atoms with Gasteiger partial charge in [0.05, 0.1) is 0 Å². The maximum atomic E-state index is 12.2. The van der Waals surface area contributed by atoms with Crippen LogP contribution in [0.4, 0.5) is 13.2 Å². The number of hydrogen-bond donors (Lipinski definition) is 1. The highest BCUT2D eigenvalue weighted by molar-refractivity contribution is 5.84. The van der Waals surface area contributed by atoms with Crippen LogP contribution in [0.25, 0.3) is 0 Å². The van der Waals surface area contributed by atoms with Crippen LogP contribution in [0.1, 0.15) is 43.2 Å². The molecule has 1 spiro atoms. The Bertz CT molecular complexity index is 569. The summed E-state index contributed by atoms with van der Waals surface area (Å²) in [6, 6.07) is 8.26. The lowest BCUT2D eigenvalue weighted by atomic mass is 9.95. The van der Waals surface area contributed by atoms with Crippen molar-refractivity contribution in [1.82, 2.24) is 5.32 Å². The molecule has 3 rings (SSSR count). The van der Waals surface area contributed by atoms with Crippen LogP contribution in [-0.2, 0) is 16.6 Å². The number of alkyl halides is 3. The van der Waals surface area contributed by atoms with Gasteiger partial charge < -0.3 is 5.32 Å². The van der Waals surface area contributed by atoms with Crippen LogP contribution >= 0.6 is 0 Å². The molecule has 1 N–H and O–H groups in total. The van der Waals surface area contributed by atoms with Crippen molar-refractivity contribution in [2.45, 2.75) is 50.1 Å². The van der Waals surface area contributed by atoms with Crippen LogP contribution in [-0.4, -0.2) is 18.6 Å². The summed E-state index contributed by atoms with van der Waals surface area (Å²) >= 11 is 0. The van der Waals surface area contributed by atoms with Gasteiger partial charge in [0, 0.05) is 24.3 Å². The SMILES string of the molecule is O=C(NCCCCC(F)(F)F)[C@@H]1C[C@]12CCc1ccccc12. The zero-order chi connectivity index (χ0) is 15.8. The van der Waals surface area contributed by atoms with Gasteiger partial charge in [-0.15, -0.1) is 0 Å². The summed E-state index contributed by atoms with van der Waals surface area (Å²) in [7, 11) is 0. The van der Waals surface area contributed by atoms with E-state index in [0.717, 1.165) is 19.3 Å². The zero-order valence-electron chi connectivity index (χ0n) is 12.4. The lowest BCUT2D eigenvalue weighted by molar-refractivity contribution is -0.135. The zero-order valence-corrected chi connectivity index (χ0v) is 12.4. The number of benzene rings is 1. The van der Waals surface area contributed by atoms with Gasteiger partial charge in [0.15, 0.2) is 0 Å². The second-order valence-electron chi connectivity index (χ2n) is 6.43. The van der Waals surface area contributed by atoms with Crippen molar-refractivity contribution >= 4 is 5.91 Å². The quantitative estimate of drug-likeness (QED) is 0.825. The summed E-state index contributed by atoms with van der Waals surface area (Å²) < 4.78 is 36.1. The normalized spacial score (nSPS) is 26.0. The van der Waals surface area contributed by atoms with Crippen LogP contribution in [0, 0.1) is 5.92 Å². The van der Waals surface area contributed by atoms with Crippen molar-refractivity contribution < 1.29 is 18.0 Å². The molecule has 2 atom stereocenters. The average molecular weight is 311 g/mol. The standard InChI is InChI=1S/C17H20F3NO/c18-17(19,20)8-3-4-10-21-15(22)14-11-16(14)9-7-12-5-1-2-6-13(12)16/h1-2,5-6,14H,3-4,7-11H2,(H,21,22)/t14-,16-/m0/s1. The number of halogens is 3. The Kier molecular flexibility index (Phi) is 3.91. The molecule has 22 heavy (non-hydrogen) atoms. The third-order valence-electron chi connectivity index (χ3n) is 4.97. The number of carbonyl (C=O) groups excluding carboxylic acids is 1. The summed E-state index contributed by atoms with van der Waals surface area (Å²) in [5.41, 5.74) is 2.64. The first-order valence-electron chi connectivity index (χ1n) is 7.85. The van der Waals surface area contributed by atoms with Crippen molar-refractivity contribution in [2.75, 3.05) is 6.54 Å². The number of hydrogen-bond acceptors (Lipinski definition) is 1. The molecule has 0 aliphatic heterocycles. The predicted octanol–water partition coefficient (Wildman–Crippen LogP) is 3.74. The molecule has 1 fully saturated rings. The van der Waals surface area contributed by atoms with Crippen LogP contribution < -0.4 is 5.32 Å². The van der Waals surface area contributed by atoms with Gasteiger partial charge in [-0.1, -0.05) is 24.3 Å². The number of amides is 1. The molecule has 2 aliphatic carbocycles. The van der Waals surface area contributed by atoms with E-state index < -0.39 is 12.6 Å². The Balaban J connectivity index is 1.46. The van der Waals surface area contributed by atoms with E-state index in [9.17, 15) is 18.0 Å². The van der Waals surface area contributed by atoms with E-state index in [4.69, 9.17) is 0 Å². The van der Waals surface area contributed by atoms with E-state index in [1.807, 2.05) is 12.1 Å². The monoisotopic (exact) mass is 311 g/mol. The molecule has 0 unspecified atom stereocenters. The molecule has 0 aromatic heterocycles. The Hall–Kier alpha value is -1.52. The molecule has 1 amide bonds.